The molecule has 1 N–H and O–H groups in total. The van der Waals surface area contributed by atoms with Gasteiger partial charge < -0.3 is 9.47 Å². The molecule has 4 aromatic carbocycles. The predicted octanol–water partition coefficient (Wildman–Crippen LogP) is 7.15. The largest absolute Gasteiger partial charge is 0.497 e. The molecule has 0 fully saturated rings. The quantitative estimate of drug-likeness (QED) is 0.105. The van der Waals surface area contributed by atoms with E-state index in [1.54, 1.807) is 61.1 Å². The summed E-state index contributed by atoms with van der Waals surface area (Å²) in [6, 6.07) is 34.2. The molecule has 0 radical (unpaired) electrons. The van der Waals surface area contributed by atoms with Crippen molar-refractivity contribution in [2.75, 3.05) is 12.5 Å². The molecular weight excluding hydrogens is 482 g/mol. The summed E-state index contributed by atoms with van der Waals surface area (Å²) < 4.78 is 10.6. The molecule has 0 bridgehead atoms. The molecule has 0 unspecified atom stereocenters. The topological polar surface area (TPSA) is 72.8 Å². The Kier molecular flexibility index (Phi) is 7.34. The Morgan fingerprint density at radius 2 is 1.43 bits per heavy atom. The summed E-state index contributed by atoms with van der Waals surface area (Å²) in [6.45, 7) is 0. The van der Waals surface area contributed by atoms with Crippen molar-refractivity contribution in [3.05, 3.63) is 120 Å². The van der Waals surface area contributed by atoms with Crippen molar-refractivity contribution in [1.82, 2.24) is 4.98 Å². The van der Waals surface area contributed by atoms with E-state index in [4.69, 9.17) is 14.5 Å². The van der Waals surface area contributed by atoms with E-state index in [-0.39, 0.29) is 0 Å². The lowest BCUT2D eigenvalue weighted by Gasteiger charge is -2.05. The zero-order chi connectivity index (χ0) is 25.5. The number of nitrogens with zero attached hydrogens (tertiary/aromatic N) is 2. The van der Waals surface area contributed by atoms with Crippen LogP contribution in [0.15, 0.2) is 114 Å². The van der Waals surface area contributed by atoms with Crippen LogP contribution >= 0.6 is 11.3 Å². The Labute approximate surface area is 218 Å². The van der Waals surface area contributed by atoms with Crippen LogP contribution in [0.5, 0.6) is 11.5 Å². The summed E-state index contributed by atoms with van der Waals surface area (Å²) >= 11 is 1.55. The zero-order valence-corrected chi connectivity index (χ0v) is 20.8. The van der Waals surface area contributed by atoms with Crippen LogP contribution in [-0.4, -0.2) is 24.3 Å². The van der Waals surface area contributed by atoms with Crippen LogP contribution in [0.4, 0.5) is 5.13 Å². The molecule has 0 aliphatic rings. The number of methoxy groups -OCH3 is 1. The molecule has 1 heterocycles. The third-order valence-corrected chi connectivity index (χ3v) is 6.51. The highest BCUT2D eigenvalue weighted by Gasteiger charge is 2.14. The van der Waals surface area contributed by atoms with E-state index in [9.17, 15) is 4.79 Å². The summed E-state index contributed by atoms with van der Waals surface area (Å²) in [4.78, 5) is 18.2. The Morgan fingerprint density at radius 1 is 0.811 bits per heavy atom. The smallest absolute Gasteiger partial charge is 0.343 e. The molecule has 5 rings (SSSR count). The van der Waals surface area contributed by atoms with E-state index >= 15 is 0 Å². The van der Waals surface area contributed by atoms with Gasteiger partial charge in [0, 0.05) is 5.56 Å². The molecule has 0 spiro atoms. The highest BCUT2D eigenvalue weighted by molar-refractivity contribution is 7.19. The van der Waals surface area contributed by atoms with Crippen LogP contribution in [0, 0.1) is 0 Å². The van der Waals surface area contributed by atoms with Gasteiger partial charge in [0.2, 0.25) is 5.13 Å². The molecule has 5 aromatic rings. The fraction of sp³-hybridized carbons (Fsp3) is 0.0333. The molecule has 1 aromatic heterocycles. The van der Waals surface area contributed by atoms with E-state index in [0.29, 0.717) is 22.2 Å². The number of nitrogens with one attached hydrogen (secondary N) is 1. The summed E-state index contributed by atoms with van der Waals surface area (Å²) in [7, 11) is 1.58. The Balaban J connectivity index is 1.26. The summed E-state index contributed by atoms with van der Waals surface area (Å²) in [5.74, 6) is 0.697. The van der Waals surface area contributed by atoms with Gasteiger partial charge in [-0.2, -0.15) is 5.10 Å². The Hall–Kier alpha value is -4.75. The molecule has 0 atom stereocenters. The lowest BCUT2D eigenvalue weighted by atomic mass is 10.1. The van der Waals surface area contributed by atoms with Crippen molar-refractivity contribution in [3.63, 3.8) is 0 Å². The van der Waals surface area contributed by atoms with Crippen LogP contribution in [0.3, 0.4) is 0 Å². The highest BCUT2D eigenvalue weighted by Crippen LogP contribution is 2.38. The lowest BCUT2D eigenvalue weighted by molar-refractivity contribution is 0.0734. The van der Waals surface area contributed by atoms with E-state index in [1.165, 1.54) is 0 Å². The number of hydrogen-bond acceptors (Lipinski definition) is 7. The van der Waals surface area contributed by atoms with Crippen molar-refractivity contribution < 1.29 is 14.3 Å². The van der Waals surface area contributed by atoms with Crippen molar-refractivity contribution in [2.24, 2.45) is 5.10 Å². The number of rotatable bonds is 8. The molecule has 0 aliphatic carbocycles. The second kappa shape index (κ2) is 11.3. The Bertz CT molecular complexity index is 1440. The summed E-state index contributed by atoms with van der Waals surface area (Å²) in [5, 5.41) is 5.05. The van der Waals surface area contributed by atoms with Crippen LogP contribution in [0.2, 0.25) is 0 Å². The number of hydrazone groups is 1. The fourth-order valence-corrected chi connectivity index (χ4v) is 4.56. The first kappa shape index (κ1) is 24.0. The number of ether oxygens (including phenoxy) is 2. The van der Waals surface area contributed by atoms with Crippen molar-refractivity contribution in [2.45, 2.75) is 0 Å². The third-order valence-electron chi connectivity index (χ3n) is 5.50. The van der Waals surface area contributed by atoms with Gasteiger partial charge >= 0.3 is 5.97 Å². The molecular formula is C30H23N3O3S. The maximum absolute atomic E-state index is 12.4. The second-order valence-corrected chi connectivity index (χ2v) is 8.98. The highest BCUT2D eigenvalue weighted by atomic mass is 32.1. The third kappa shape index (κ3) is 5.91. The molecule has 0 saturated carbocycles. The molecule has 0 saturated heterocycles. The van der Waals surface area contributed by atoms with Gasteiger partial charge in [-0.1, -0.05) is 72.0 Å². The summed E-state index contributed by atoms with van der Waals surface area (Å²) in [6.07, 6.45) is 1.70. The minimum atomic E-state index is -0.432. The lowest BCUT2D eigenvalue weighted by Crippen LogP contribution is -2.08. The van der Waals surface area contributed by atoms with E-state index < -0.39 is 5.97 Å². The van der Waals surface area contributed by atoms with Crippen molar-refractivity contribution in [3.8, 4) is 33.2 Å². The number of anilines is 1. The zero-order valence-electron chi connectivity index (χ0n) is 20.0. The van der Waals surface area contributed by atoms with Gasteiger partial charge in [0.15, 0.2) is 0 Å². The average molecular weight is 506 g/mol. The molecule has 182 valence electrons. The minimum Gasteiger partial charge on any atom is -0.497 e. The number of aromatic nitrogens is 1. The average Bonchev–Trinajstić information content (AvgIpc) is 3.39. The first-order valence-corrected chi connectivity index (χ1v) is 12.4. The second-order valence-electron chi connectivity index (χ2n) is 7.99. The minimum absolute atomic E-state index is 0.432. The monoisotopic (exact) mass is 505 g/mol. The van der Waals surface area contributed by atoms with Crippen LogP contribution in [0.25, 0.3) is 21.7 Å². The van der Waals surface area contributed by atoms with Crippen molar-refractivity contribution in [1.29, 1.82) is 0 Å². The van der Waals surface area contributed by atoms with Gasteiger partial charge in [-0.15, -0.1) is 0 Å². The predicted molar refractivity (Wildman–Crippen MR) is 149 cm³/mol. The van der Waals surface area contributed by atoms with Crippen LogP contribution in [0.1, 0.15) is 15.9 Å². The number of carbonyl (C=O) groups excluding carboxylic acids is 1. The van der Waals surface area contributed by atoms with Crippen LogP contribution < -0.4 is 14.9 Å². The molecule has 7 heteroatoms. The van der Waals surface area contributed by atoms with Gasteiger partial charge in [0.25, 0.3) is 0 Å². The first-order valence-electron chi connectivity index (χ1n) is 11.6. The van der Waals surface area contributed by atoms with E-state index in [2.05, 4.69) is 34.8 Å². The van der Waals surface area contributed by atoms with Crippen LogP contribution in [-0.2, 0) is 0 Å². The molecule has 0 aliphatic heterocycles. The number of thiazole rings is 1. The maximum atomic E-state index is 12.4. The van der Waals surface area contributed by atoms with Crippen molar-refractivity contribution >= 4 is 28.7 Å². The number of benzene rings is 4. The van der Waals surface area contributed by atoms with Gasteiger partial charge in [0.05, 0.1) is 29.5 Å². The van der Waals surface area contributed by atoms with Gasteiger partial charge in [0.1, 0.15) is 11.5 Å². The molecule has 6 nitrogen and oxygen atoms in total. The van der Waals surface area contributed by atoms with Gasteiger partial charge in [-0.25, -0.2) is 9.78 Å². The fourth-order valence-electron chi connectivity index (χ4n) is 3.62. The molecule has 0 amide bonds. The Morgan fingerprint density at radius 3 is 2.08 bits per heavy atom. The molecule has 37 heavy (non-hydrogen) atoms. The SMILES string of the molecule is COc1ccc(C(=O)Oc2ccc(/C=N\Nc3nc(-c4ccccc4)c(-c4ccccc4)s3)cc2)cc1. The number of hydrogen-bond donors (Lipinski definition) is 1. The number of esters is 1. The van der Waals surface area contributed by atoms with Gasteiger partial charge in [-0.3, -0.25) is 5.43 Å². The van der Waals surface area contributed by atoms with E-state index in [0.717, 1.165) is 27.3 Å². The standard InChI is InChI=1S/C30H23N3O3S/c1-35-25-18-14-24(15-19-25)29(34)36-26-16-12-21(13-17-26)20-31-33-30-32-27(22-8-4-2-5-9-22)28(37-30)23-10-6-3-7-11-23/h2-20H,1H3,(H,32,33)/b31-20-. The van der Waals surface area contributed by atoms with E-state index in [1.807, 2.05) is 48.5 Å². The first-order chi connectivity index (χ1) is 18.2. The number of carbonyl (C=O) groups is 1. The van der Waals surface area contributed by atoms with Gasteiger partial charge in [-0.05, 0) is 59.7 Å². The normalized spacial score (nSPS) is 10.8. The maximum Gasteiger partial charge on any atom is 0.343 e. The summed E-state index contributed by atoms with van der Waals surface area (Å²) in [5.41, 5.74) is 7.42.